The third-order valence-electron chi connectivity index (χ3n) is 2.12. The van der Waals surface area contributed by atoms with Gasteiger partial charge in [-0.15, -0.1) is 6.58 Å². The van der Waals surface area contributed by atoms with Crippen LogP contribution in [0.3, 0.4) is 0 Å². The van der Waals surface area contributed by atoms with Crippen LogP contribution in [0, 0.1) is 6.92 Å². The van der Waals surface area contributed by atoms with Gasteiger partial charge in [-0.1, -0.05) is 6.08 Å². The van der Waals surface area contributed by atoms with Crippen LogP contribution in [0.15, 0.2) is 31.0 Å². The minimum Gasteiger partial charge on any atom is -0.294 e. The number of rotatable bonds is 5. The van der Waals surface area contributed by atoms with Gasteiger partial charge in [0.15, 0.2) is 5.78 Å². The first-order valence-corrected chi connectivity index (χ1v) is 4.81. The summed E-state index contributed by atoms with van der Waals surface area (Å²) < 4.78 is 0. The Morgan fingerprint density at radius 2 is 2.43 bits per heavy atom. The third kappa shape index (κ3) is 2.80. The Labute approximate surface area is 84.7 Å². The second-order valence-electron chi connectivity index (χ2n) is 3.24. The summed E-state index contributed by atoms with van der Waals surface area (Å²) in [5, 5.41) is 0. The molecule has 1 aromatic rings. The number of nitrogens with zero attached hydrogens (tertiary/aromatic N) is 1. The highest BCUT2D eigenvalue weighted by Crippen LogP contribution is 2.09. The molecule has 0 radical (unpaired) electrons. The van der Waals surface area contributed by atoms with Crippen LogP contribution >= 0.6 is 0 Å². The molecule has 0 amide bonds. The molecule has 0 saturated carbocycles. The second-order valence-corrected chi connectivity index (χ2v) is 3.24. The summed E-state index contributed by atoms with van der Waals surface area (Å²) in [6.45, 7) is 5.49. The van der Waals surface area contributed by atoms with E-state index in [9.17, 15) is 4.79 Å². The van der Waals surface area contributed by atoms with Crippen LogP contribution < -0.4 is 0 Å². The smallest absolute Gasteiger partial charge is 0.164 e. The van der Waals surface area contributed by atoms with Crippen LogP contribution in [0.2, 0.25) is 0 Å². The predicted molar refractivity (Wildman–Crippen MR) is 57.4 cm³/mol. The lowest BCUT2D eigenvalue weighted by molar-refractivity contribution is 0.0979. The molecule has 1 heterocycles. The number of unbranched alkanes of at least 4 members (excludes halogenated alkanes) is 1. The van der Waals surface area contributed by atoms with Gasteiger partial charge in [0.2, 0.25) is 0 Å². The van der Waals surface area contributed by atoms with E-state index in [1.54, 1.807) is 12.3 Å². The molecule has 0 atom stereocenters. The molecular formula is C12H15NO. The van der Waals surface area contributed by atoms with Crippen molar-refractivity contribution in [1.29, 1.82) is 0 Å². The minimum atomic E-state index is 0.178. The van der Waals surface area contributed by atoms with Gasteiger partial charge in [-0.2, -0.15) is 0 Å². The Bertz CT molecular complexity index is 331. The van der Waals surface area contributed by atoms with Gasteiger partial charge in [0.05, 0.1) is 0 Å². The van der Waals surface area contributed by atoms with Crippen LogP contribution in [-0.2, 0) is 0 Å². The predicted octanol–water partition coefficient (Wildman–Crippen LogP) is 2.93. The molecule has 1 aromatic heterocycles. The Kier molecular flexibility index (Phi) is 4.05. The largest absolute Gasteiger partial charge is 0.294 e. The van der Waals surface area contributed by atoms with E-state index in [1.807, 2.05) is 19.1 Å². The summed E-state index contributed by atoms with van der Waals surface area (Å²) in [6.07, 6.45) is 5.89. The van der Waals surface area contributed by atoms with Crippen LogP contribution in [-0.4, -0.2) is 10.8 Å². The minimum absolute atomic E-state index is 0.178. The molecule has 1 rings (SSSR count). The number of aromatic nitrogens is 1. The fourth-order valence-electron chi connectivity index (χ4n) is 1.32. The van der Waals surface area contributed by atoms with Crippen LogP contribution in [0.5, 0.6) is 0 Å². The van der Waals surface area contributed by atoms with Crippen molar-refractivity contribution in [2.24, 2.45) is 0 Å². The molecule has 2 heteroatoms. The maximum atomic E-state index is 11.7. The molecule has 0 aliphatic heterocycles. The number of ketones is 1. The lowest BCUT2D eigenvalue weighted by atomic mass is 10.0. The molecule has 0 aromatic carbocycles. The van der Waals surface area contributed by atoms with E-state index < -0.39 is 0 Å². The molecular weight excluding hydrogens is 174 g/mol. The summed E-state index contributed by atoms with van der Waals surface area (Å²) >= 11 is 0. The van der Waals surface area contributed by atoms with Crippen molar-refractivity contribution in [3.8, 4) is 0 Å². The number of carbonyl (C=O) groups excluding carboxylic acids is 1. The van der Waals surface area contributed by atoms with Gasteiger partial charge in [-0.3, -0.25) is 9.78 Å². The van der Waals surface area contributed by atoms with E-state index in [-0.39, 0.29) is 5.78 Å². The number of aryl methyl sites for hydroxylation is 1. The van der Waals surface area contributed by atoms with Gasteiger partial charge in [-0.25, -0.2) is 0 Å². The van der Waals surface area contributed by atoms with Gasteiger partial charge in [0, 0.05) is 23.9 Å². The number of Topliss-reactive ketones (excluding diaryl/α,β-unsaturated/α-hetero) is 1. The Morgan fingerprint density at radius 1 is 1.64 bits per heavy atom. The highest BCUT2D eigenvalue weighted by atomic mass is 16.1. The van der Waals surface area contributed by atoms with E-state index in [1.165, 1.54) is 0 Å². The van der Waals surface area contributed by atoms with Crippen LogP contribution in [0.1, 0.15) is 35.3 Å². The lowest BCUT2D eigenvalue weighted by Gasteiger charge is -2.02. The fourth-order valence-corrected chi connectivity index (χ4v) is 1.32. The first kappa shape index (κ1) is 10.6. The summed E-state index contributed by atoms with van der Waals surface area (Å²) in [7, 11) is 0. The van der Waals surface area contributed by atoms with Crippen molar-refractivity contribution in [2.45, 2.75) is 26.2 Å². The first-order chi connectivity index (χ1) is 6.75. The molecule has 0 aliphatic rings. The summed E-state index contributed by atoms with van der Waals surface area (Å²) in [5.74, 6) is 0.178. The average molecular weight is 189 g/mol. The number of carbonyl (C=O) groups is 1. The first-order valence-electron chi connectivity index (χ1n) is 4.81. The van der Waals surface area contributed by atoms with Gasteiger partial charge < -0.3 is 0 Å². The van der Waals surface area contributed by atoms with Crippen molar-refractivity contribution in [3.05, 3.63) is 42.2 Å². The maximum absolute atomic E-state index is 11.7. The topological polar surface area (TPSA) is 30.0 Å². The number of allylic oxidation sites excluding steroid dienone is 1. The van der Waals surface area contributed by atoms with E-state index in [0.717, 1.165) is 24.1 Å². The molecule has 0 bridgehead atoms. The molecule has 0 unspecified atom stereocenters. The van der Waals surface area contributed by atoms with E-state index in [4.69, 9.17) is 0 Å². The zero-order valence-corrected chi connectivity index (χ0v) is 8.49. The zero-order valence-electron chi connectivity index (χ0n) is 8.49. The van der Waals surface area contributed by atoms with Crippen molar-refractivity contribution < 1.29 is 4.79 Å². The molecule has 0 saturated heterocycles. The monoisotopic (exact) mass is 189 g/mol. The van der Waals surface area contributed by atoms with Crippen molar-refractivity contribution in [1.82, 2.24) is 4.98 Å². The highest BCUT2D eigenvalue weighted by molar-refractivity contribution is 5.96. The van der Waals surface area contributed by atoms with E-state index in [2.05, 4.69) is 11.6 Å². The third-order valence-corrected chi connectivity index (χ3v) is 2.12. The van der Waals surface area contributed by atoms with Gasteiger partial charge >= 0.3 is 0 Å². The summed E-state index contributed by atoms with van der Waals surface area (Å²) in [5.41, 5.74) is 1.56. The molecule has 0 aliphatic carbocycles. The van der Waals surface area contributed by atoms with E-state index in [0.29, 0.717) is 6.42 Å². The van der Waals surface area contributed by atoms with Crippen molar-refractivity contribution in [2.75, 3.05) is 0 Å². The van der Waals surface area contributed by atoms with Crippen molar-refractivity contribution in [3.63, 3.8) is 0 Å². The van der Waals surface area contributed by atoms with E-state index >= 15 is 0 Å². The number of hydrogen-bond acceptors (Lipinski definition) is 2. The van der Waals surface area contributed by atoms with Gasteiger partial charge in [0.25, 0.3) is 0 Å². The molecule has 0 spiro atoms. The summed E-state index contributed by atoms with van der Waals surface area (Å²) in [4.78, 5) is 15.8. The van der Waals surface area contributed by atoms with Crippen molar-refractivity contribution >= 4 is 5.78 Å². The maximum Gasteiger partial charge on any atom is 0.164 e. The average Bonchev–Trinajstić information content (AvgIpc) is 2.18. The molecule has 2 nitrogen and oxygen atoms in total. The number of pyridine rings is 1. The number of hydrogen-bond donors (Lipinski definition) is 0. The zero-order chi connectivity index (χ0) is 10.4. The Morgan fingerprint density at radius 3 is 3.07 bits per heavy atom. The SMILES string of the molecule is C=CCCCC(=O)c1cccnc1C. The Hall–Kier alpha value is -1.44. The molecule has 0 fully saturated rings. The highest BCUT2D eigenvalue weighted by Gasteiger charge is 2.07. The second kappa shape index (κ2) is 5.32. The molecule has 0 N–H and O–H groups in total. The standard InChI is InChI=1S/C12H15NO/c1-3-4-5-8-12(14)11-7-6-9-13-10(11)2/h3,6-7,9H,1,4-5,8H2,2H3. The Balaban J connectivity index is 2.60. The fraction of sp³-hybridized carbons (Fsp3) is 0.333. The quantitative estimate of drug-likeness (QED) is 0.405. The van der Waals surface area contributed by atoms with Crippen LogP contribution in [0.4, 0.5) is 0 Å². The molecule has 14 heavy (non-hydrogen) atoms. The normalized spacial score (nSPS) is 9.79. The lowest BCUT2D eigenvalue weighted by Crippen LogP contribution is -2.02. The molecule has 74 valence electrons. The van der Waals surface area contributed by atoms with Gasteiger partial charge in [-0.05, 0) is 31.9 Å². The van der Waals surface area contributed by atoms with Crippen LogP contribution in [0.25, 0.3) is 0 Å². The summed E-state index contributed by atoms with van der Waals surface area (Å²) in [6, 6.07) is 3.63. The van der Waals surface area contributed by atoms with Gasteiger partial charge in [0.1, 0.15) is 0 Å².